The summed E-state index contributed by atoms with van der Waals surface area (Å²) in [6.07, 6.45) is 12.1. The van der Waals surface area contributed by atoms with Gasteiger partial charge in [0.25, 0.3) is 0 Å². The van der Waals surface area contributed by atoms with Crippen molar-refractivity contribution in [2.24, 2.45) is 17.8 Å². The Kier molecular flexibility index (Phi) is 14.8. The molecule has 5 aromatic rings. The number of H-pyrrole nitrogens is 1. The number of phenols is 2. The summed E-state index contributed by atoms with van der Waals surface area (Å²) in [4.78, 5) is 39.1. The van der Waals surface area contributed by atoms with Gasteiger partial charge < -0.3 is 56.0 Å². The summed E-state index contributed by atoms with van der Waals surface area (Å²) < 4.78 is 6.44. The van der Waals surface area contributed by atoms with Crippen LogP contribution in [0.1, 0.15) is 132 Å². The number of aliphatic hydroxyl groups is 4. The molecule has 10 rings (SSSR count). The molecule has 4 heterocycles. The van der Waals surface area contributed by atoms with Gasteiger partial charge in [0.2, 0.25) is 0 Å². The lowest BCUT2D eigenvalue weighted by Gasteiger charge is -2.42. The first kappa shape index (κ1) is 50.1. The number of carbonyl (C=O) groups is 2. The maximum absolute atomic E-state index is 16.0. The molecule has 13 heteroatoms. The van der Waals surface area contributed by atoms with Crippen molar-refractivity contribution in [3.05, 3.63) is 146 Å². The van der Waals surface area contributed by atoms with Crippen LogP contribution in [0.3, 0.4) is 0 Å². The molecule has 1 saturated carbocycles. The van der Waals surface area contributed by atoms with Crippen LogP contribution >= 0.6 is 0 Å². The number of ether oxygens (including phenoxy) is 1. The van der Waals surface area contributed by atoms with Crippen LogP contribution in [0.5, 0.6) is 17.2 Å². The molecule has 13 nitrogen and oxygen atoms in total. The number of aromatic hydroxyl groups is 2. The van der Waals surface area contributed by atoms with Crippen molar-refractivity contribution in [3.8, 4) is 29.1 Å². The highest BCUT2D eigenvalue weighted by Crippen LogP contribution is 2.50. The monoisotopic (exact) mass is 986 g/mol. The molecule has 5 aliphatic rings. The number of nitrogens with one attached hydrogen (secondary N) is 2. The van der Waals surface area contributed by atoms with Gasteiger partial charge in [-0.15, -0.1) is 5.69 Å². The molecule has 0 radical (unpaired) electrons. The molecule has 8 atom stereocenters. The molecule has 73 heavy (non-hydrogen) atoms. The van der Waals surface area contributed by atoms with Gasteiger partial charge in [0.15, 0.2) is 17.3 Å². The maximum Gasteiger partial charge on any atom is 0.163 e. The van der Waals surface area contributed by atoms with Crippen LogP contribution in [0.25, 0.3) is 17.5 Å². The van der Waals surface area contributed by atoms with E-state index in [-0.39, 0.29) is 67.4 Å². The van der Waals surface area contributed by atoms with Crippen molar-refractivity contribution in [1.82, 2.24) is 15.3 Å². The minimum Gasteiger partial charge on any atom is -0.664 e. The summed E-state index contributed by atoms with van der Waals surface area (Å²) in [7, 11) is 0. The molecule has 0 saturated heterocycles. The smallest absolute Gasteiger partial charge is 0.163 e. The van der Waals surface area contributed by atoms with Gasteiger partial charge in [-0.2, -0.15) is 6.20 Å². The lowest BCUT2D eigenvalue weighted by Crippen LogP contribution is -2.41. The van der Waals surface area contributed by atoms with Crippen LogP contribution < -0.4 is 15.0 Å². The van der Waals surface area contributed by atoms with E-state index in [4.69, 9.17) is 15.0 Å². The van der Waals surface area contributed by atoms with Gasteiger partial charge in [-0.1, -0.05) is 97.0 Å². The zero-order valence-corrected chi connectivity index (χ0v) is 41.4. The van der Waals surface area contributed by atoms with Gasteiger partial charge in [0, 0.05) is 42.7 Å². The number of aromatic amines is 1. The molecule has 0 amide bonds. The molecule has 5 bridgehead atoms. The van der Waals surface area contributed by atoms with E-state index in [9.17, 15) is 35.4 Å². The van der Waals surface area contributed by atoms with Crippen molar-refractivity contribution in [1.29, 1.82) is 0 Å². The van der Waals surface area contributed by atoms with Gasteiger partial charge >= 0.3 is 0 Å². The lowest BCUT2D eigenvalue weighted by molar-refractivity contribution is -0.135. The number of nitrogens with zero attached hydrogens (tertiary/aromatic N) is 2. The molecule has 3 aliphatic carbocycles. The van der Waals surface area contributed by atoms with E-state index >= 15 is 4.79 Å². The van der Waals surface area contributed by atoms with E-state index in [0.29, 0.717) is 59.7 Å². The van der Waals surface area contributed by atoms with Crippen LogP contribution in [0.4, 0.5) is 5.82 Å². The number of aromatic nitrogens is 2. The fraction of sp³-hybridized carbons (Fsp3) is 0.433. The Morgan fingerprint density at radius 1 is 0.932 bits per heavy atom. The van der Waals surface area contributed by atoms with E-state index in [0.717, 1.165) is 59.9 Å². The van der Waals surface area contributed by atoms with Gasteiger partial charge in [-0.25, -0.2) is 0 Å². The van der Waals surface area contributed by atoms with Crippen molar-refractivity contribution in [2.75, 3.05) is 19.7 Å². The number of benzene rings is 3. The van der Waals surface area contributed by atoms with Crippen molar-refractivity contribution >= 4 is 29.5 Å². The summed E-state index contributed by atoms with van der Waals surface area (Å²) in [6, 6.07) is 17.2. The highest BCUT2D eigenvalue weighted by molar-refractivity contribution is 6.05. The van der Waals surface area contributed by atoms with E-state index in [1.54, 1.807) is 48.8 Å². The molecule has 2 aliphatic heterocycles. The Balaban J connectivity index is 1.16. The number of hydrogen-bond donors (Lipinski definition) is 8. The van der Waals surface area contributed by atoms with E-state index in [2.05, 4.69) is 29.1 Å². The zero-order valence-electron chi connectivity index (χ0n) is 41.4. The Hall–Kier alpha value is -6.40. The fourth-order valence-electron chi connectivity index (χ4n) is 11.9. The molecule has 382 valence electrons. The van der Waals surface area contributed by atoms with Crippen LogP contribution in [-0.4, -0.2) is 90.7 Å². The first-order chi connectivity index (χ1) is 35.4. The number of hydrogen-bond acceptors (Lipinski definition) is 10. The number of ketones is 2. The van der Waals surface area contributed by atoms with Crippen molar-refractivity contribution in [2.45, 2.75) is 126 Å². The van der Waals surface area contributed by atoms with E-state index in [1.165, 1.54) is 0 Å². The minimum atomic E-state index is -1.48. The Labute approximate surface area is 426 Å². The molecule has 2 aromatic heterocycles. The second-order valence-electron chi connectivity index (χ2n) is 20.9. The molecular weight excluding hydrogens is 921 g/mol. The standard InChI is InChI=1S/C60H66N4O9/c1-2-23-61-34-40-13-14-49-46-32-50-44(19-25-62-50)48(33-60(72)21-16-36-6-5-9-51(66)43(36)17-22-60)55(46)58(71)45(20-26-65)52(67)15-10-35-27-47(57(70)54(28-35)73-42-7-3-4-8-42)56(69)38-12-11-37(31-53(40)68)41(29-38)30-39-18-24-63-59(39)64-49/h5-6,9,11-12,17-19,22,24-25,27-29,32,40,42,45,48-49,53,55-56,61,63,65-66,68-70,72H,2-4,7-8,10,15-16,20-21,23,26,30-31,33-34H2,1H3/q-2/t40-,45+,48+,49-,53-,55+,56-,60+/m0/s1. The highest BCUT2D eigenvalue weighted by Gasteiger charge is 2.45. The Bertz CT molecular complexity index is 2970. The Morgan fingerprint density at radius 2 is 1.78 bits per heavy atom. The second kappa shape index (κ2) is 21.6. The summed E-state index contributed by atoms with van der Waals surface area (Å²) >= 11 is 0. The molecule has 0 unspecified atom stereocenters. The van der Waals surface area contributed by atoms with E-state index < -0.39 is 65.7 Å². The first-order valence-corrected chi connectivity index (χ1v) is 26.2. The predicted molar refractivity (Wildman–Crippen MR) is 279 cm³/mol. The number of phenolic OH excluding ortho intramolecular Hbond substituents is 2. The summed E-state index contributed by atoms with van der Waals surface area (Å²) in [5, 5.41) is 79.6. The number of carbonyl (C=O) groups excluding carboxylic acids is 2. The molecule has 8 N–H and O–H groups in total. The van der Waals surface area contributed by atoms with Crippen LogP contribution in [0, 0.1) is 29.6 Å². The molecule has 3 aromatic carbocycles. The second-order valence-corrected chi connectivity index (χ2v) is 20.9. The van der Waals surface area contributed by atoms with Gasteiger partial charge in [0.1, 0.15) is 17.6 Å². The zero-order chi connectivity index (χ0) is 50.8. The molecule has 0 spiro atoms. The Morgan fingerprint density at radius 3 is 2.60 bits per heavy atom. The highest BCUT2D eigenvalue weighted by atomic mass is 16.5. The number of rotatable bonds is 10. The third-order valence-corrected chi connectivity index (χ3v) is 15.9. The first-order valence-electron chi connectivity index (χ1n) is 26.2. The number of aliphatic hydroxyl groups excluding tert-OH is 3. The number of fused-ring (bicyclic) bond motifs is 8. The maximum atomic E-state index is 16.0. The molecular formula is C60H66N4O9-2. The quantitative estimate of drug-likeness (QED) is 0.0381. The summed E-state index contributed by atoms with van der Waals surface area (Å²) in [6.45, 7) is 2.67. The average molecular weight is 987 g/mol. The topological polar surface area (TPSA) is 221 Å². The van der Waals surface area contributed by atoms with E-state index in [1.807, 2.05) is 42.5 Å². The van der Waals surface area contributed by atoms with Gasteiger partial charge in [-0.05, 0) is 147 Å². The fourth-order valence-corrected chi connectivity index (χ4v) is 11.9. The minimum absolute atomic E-state index is 0.0441. The summed E-state index contributed by atoms with van der Waals surface area (Å²) in [5.74, 6) is 2.97. The molecule has 1 fully saturated rings. The van der Waals surface area contributed by atoms with Crippen molar-refractivity contribution in [3.63, 3.8) is 0 Å². The normalized spacial score (nSPS) is 26.2. The van der Waals surface area contributed by atoms with Crippen molar-refractivity contribution < 1.29 is 45.0 Å². The third-order valence-electron chi connectivity index (χ3n) is 15.9. The summed E-state index contributed by atoms with van der Waals surface area (Å²) in [5.41, 5.74) is 5.65. The predicted octanol–water partition coefficient (Wildman–Crippen LogP) is 7.95. The largest absolute Gasteiger partial charge is 0.664 e. The number of aryl methyl sites for hydroxylation is 2. The number of Topliss-reactive ketones (excluding diaryl/α,β-unsaturated/α-hetero) is 2. The third kappa shape index (κ3) is 10.5. The van der Waals surface area contributed by atoms with Gasteiger partial charge in [0.05, 0.1) is 29.6 Å². The van der Waals surface area contributed by atoms with Crippen LogP contribution in [0.15, 0.2) is 84.7 Å². The average Bonchev–Trinajstić information content (AvgIpc) is 4.16. The van der Waals surface area contributed by atoms with Gasteiger partial charge in [-0.3, -0.25) is 9.59 Å². The lowest BCUT2D eigenvalue weighted by atomic mass is 9.65. The SMILES string of the molecule is CCCNC[C@@H]1C#C[C@@H]2[N-]c3[nH]ccc3Cc3cc(ccc3C[C@@H]1O)[C@H](O)c1cc(cc(OC3CCCC3)c1O)CCC(=O)[C@@H](CCO)C(=O)[C@@H]1C2=Cc2[n-]ccc2[C@H]1C[C@]1(O)C=Cc2c(O)cccc2CC1. The van der Waals surface area contributed by atoms with Crippen LogP contribution in [0.2, 0.25) is 0 Å². The van der Waals surface area contributed by atoms with Crippen LogP contribution in [-0.2, 0) is 35.3 Å².